The second kappa shape index (κ2) is 6.50. The molecular weight excluding hydrogens is 186 g/mol. The van der Waals surface area contributed by atoms with E-state index in [0.717, 1.165) is 19.5 Å². The monoisotopic (exact) mass is 207 g/mol. The molecule has 0 unspecified atom stereocenters. The maximum atomic E-state index is 5.36. The number of hydrogen-bond acceptors (Lipinski definition) is 4. The lowest BCUT2D eigenvalue weighted by Crippen LogP contribution is -2.59. The second-order valence-electron chi connectivity index (χ2n) is 2.72. The van der Waals surface area contributed by atoms with Gasteiger partial charge in [0, 0.05) is 21.3 Å². The Kier molecular flexibility index (Phi) is 6.53. The van der Waals surface area contributed by atoms with Crippen molar-refractivity contribution in [3.63, 3.8) is 0 Å². The van der Waals surface area contributed by atoms with E-state index in [9.17, 15) is 0 Å². The lowest BCUT2D eigenvalue weighted by molar-refractivity contribution is 0.0592. The molecule has 0 aromatic heterocycles. The quantitative estimate of drug-likeness (QED) is 0.585. The lowest BCUT2D eigenvalue weighted by atomic mass is 10.5. The van der Waals surface area contributed by atoms with Crippen LogP contribution in [0.2, 0.25) is 0 Å². The zero-order valence-electron chi connectivity index (χ0n) is 9.29. The van der Waals surface area contributed by atoms with Crippen LogP contribution in [0.15, 0.2) is 0 Å². The molecule has 0 aliphatic rings. The van der Waals surface area contributed by atoms with Crippen LogP contribution in [-0.4, -0.2) is 48.0 Å². The highest BCUT2D eigenvalue weighted by Crippen LogP contribution is 2.12. The van der Waals surface area contributed by atoms with Crippen molar-refractivity contribution in [3.8, 4) is 0 Å². The lowest BCUT2D eigenvalue weighted by Gasteiger charge is -2.34. The van der Waals surface area contributed by atoms with Gasteiger partial charge in [0.05, 0.1) is 0 Å². The minimum absolute atomic E-state index is 0.885. The Morgan fingerprint density at radius 3 is 1.69 bits per heavy atom. The third-order valence-electron chi connectivity index (χ3n) is 2.04. The normalized spacial score (nSPS) is 12.5. The smallest absolute Gasteiger partial charge is 0.364 e. The molecule has 0 aliphatic heterocycles. The van der Waals surface area contributed by atoms with Gasteiger partial charge in [0.25, 0.3) is 0 Å². The Morgan fingerprint density at radius 2 is 1.46 bits per heavy atom. The molecule has 0 spiro atoms. The molecule has 0 saturated carbocycles. The van der Waals surface area contributed by atoms with Gasteiger partial charge in [-0.05, 0) is 19.5 Å². The first-order valence-electron chi connectivity index (χ1n) is 4.61. The highest BCUT2D eigenvalue weighted by molar-refractivity contribution is 6.57. The van der Waals surface area contributed by atoms with Crippen LogP contribution in [0.5, 0.6) is 0 Å². The molecule has 5 heteroatoms. The highest BCUT2D eigenvalue weighted by atomic mass is 28.4. The molecule has 0 saturated heterocycles. The van der Waals surface area contributed by atoms with Crippen LogP contribution < -0.4 is 0 Å². The molecule has 0 aromatic carbocycles. The summed E-state index contributed by atoms with van der Waals surface area (Å²) < 4.78 is 18.2. The largest absolute Gasteiger partial charge is 0.598 e. The second-order valence-corrected chi connectivity index (χ2v) is 5.62. The van der Waals surface area contributed by atoms with Crippen LogP contribution in [0.25, 0.3) is 0 Å². The van der Waals surface area contributed by atoms with Crippen molar-refractivity contribution >= 4 is 8.97 Å². The predicted octanol–water partition coefficient (Wildman–Crippen LogP) is 1.09. The van der Waals surface area contributed by atoms with Crippen LogP contribution in [-0.2, 0) is 13.3 Å². The Labute approximate surface area is 82.2 Å². The summed E-state index contributed by atoms with van der Waals surface area (Å²) in [7, 11) is 2.37. The van der Waals surface area contributed by atoms with Crippen molar-refractivity contribution in [2.24, 2.45) is 0 Å². The van der Waals surface area contributed by atoms with Crippen LogP contribution in [0.4, 0.5) is 0 Å². The number of hydrogen-bond donors (Lipinski definition) is 0. The molecule has 0 bridgehead atoms. The van der Waals surface area contributed by atoms with Gasteiger partial charge < -0.3 is 13.3 Å². The fraction of sp³-hybridized carbons (Fsp3) is 1.00. The Balaban J connectivity index is 4.45. The van der Waals surface area contributed by atoms with Gasteiger partial charge in [-0.1, -0.05) is 13.8 Å². The van der Waals surface area contributed by atoms with Crippen LogP contribution in [0.1, 0.15) is 20.3 Å². The molecule has 0 aliphatic carbocycles. The zero-order valence-corrected chi connectivity index (χ0v) is 10.3. The first kappa shape index (κ1) is 13.1. The molecule has 0 fully saturated rings. The van der Waals surface area contributed by atoms with Gasteiger partial charge in [-0.3, -0.25) is 4.57 Å². The molecule has 0 rings (SSSR count). The maximum absolute atomic E-state index is 5.36. The van der Waals surface area contributed by atoms with E-state index in [-0.39, 0.29) is 0 Å². The summed E-state index contributed by atoms with van der Waals surface area (Å²) in [6, 6.07) is 0. The molecular formula is C8H21NO3Si. The average molecular weight is 207 g/mol. The number of nitrogens with zero attached hydrogens (tertiary/aromatic N) is 1. The van der Waals surface area contributed by atoms with E-state index in [4.69, 9.17) is 13.3 Å². The maximum Gasteiger partial charge on any atom is 0.598 e. The van der Waals surface area contributed by atoms with Gasteiger partial charge in [-0.15, -0.1) is 0 Å². The van der Waals surface area contributed by atoms with Gasteiger partial charge >= 0.3 is 8.97 Å². The van der Waals surface area contributed by atoms with Crippen molar-refractivity contribution < 1.29 is 13.3 Å². The van der Waals surface area contributed by atoms with Gasteiger partial charge in [-0.2, -0.15) is 0 Å². The summed E-state index contributed by atoms with van der Waals surface area (Å²) in [4.78, 5) is 0. The fourth-order valence-corrected chi connectivity index (χ4v) is 3.56. The van der Waals surface area contributed by atoms with Crippen molar-refractivity contribution in [2.45, 2.75) is 20.3 Å². The first-order valence-corrected chi connectivity index (χ1v) is 6.28. The summed E-state index contributed by atoms with van der Waals surface area (Å²) in [5.41, 5.74) is 0. The molecule has 0 aromatic rings. The Morgan fingerprint density at radius 1 is 1.00 bits per heavy atom. The van der Waals surface area contributed by atoms with Crippen LogP contribution in [0.3, 0.4) is 0 Å². The predicted molar refractivity (Wildman–Crippen MR) is 54.3 cm³/mol. The topological polar surface area (TPSA) is 30.9 Å². The van der Waals surface area contributed by atoms with Crippen molar-refractivity contribution in [1.82, 2.24) is 4.57 Å². The molecule has 0 atom stereocenters. The molecule has 80 valence electrons. The van der Waals surface area contributed by atoms with Gasteiger partial charge in [0.2, 0.25) is 0 Å². The van der Waals surface area contributed by atoms with Gasteiger partial charge in [0.1, 0.15) is 0 Å². The molecule has 0 N–H and O–H groups in total. The Bertz CT molecular complexity index is 122. The first-order chi connectivity index (χ1) is 6.20. The van der Waals surface area contributed by atoms with E-state index >= 15 is 0 Å². The summed E-state index contributed by atoms with van der Waals surface area (Å²) in [6.45, 7) is 6.03. The van der Waals surface area contributed by atoms with Gasteiger partial charge in [0.15, 0.2) is 0 Å². The summed E-state index contributed by atoms with van der Waals surface area (Å²) in [5, 5.41) is 0. The van der Waals surface area contributed by atoms with E-state index in [0.29, 0.717) is 0 Å². The summed E-state index contributed by atoms with van der Waals surface area (Å²) in [6.07, 6.45) is 1.07. The van der Waals surface area contributed by atoms with Crippen molar-refractivity contribution in [1.29, 1.82) is 0 Å². The van der Waals surface area contributed by atoms with E-state index in [1.54, 1.807) is 21.3 Å². The van der Waals surface area contributed by atoms with Crippen LogP contribution in [0, 0.1) is 0 Å². The SMILES string of the molecule is CCCN(CC)[Si](OC)(OC)OC. The summed E-state index contributed by atoms with van der Waals surface area (Å²) in [5.74, 6) is 0. The van der Waals surface area contributed by atoms with Crippen molar-refractivity contribution in [2.75, 3.05) is 34.4 Å². The Hall–Kier alpha value is 0.0569. The molecule has 0 heterocycles. The standard InChI is InChI=1S/C8H21NO3Si/c1-6-8-9(7-2)13(10-3,11-4)12-5/h6-8H2,1-5H3. The highest BCUT2D eigenvalue weighted by Gasteiger charge is 2.45. The average Bonchev–Trinajstić information content (AvgIpc) is 2.19. The van der Waals surface area contributed by atoms with E-state index in [2.05, 4.69) is 18.4 Å². The van der Waals surface area contributed by atoms with Crippen molar-refractivity contribution in [3.05, 3.63) is 0 Å². The third-order valence-corrected chi connectivity index (χ3v) is 4.90. The molecule has 13 heavy (non-hydrogen) atoms. The zero-order chi connectivity index (χ0) is 10.3. The third kappa shape index (κ3) is 3.03. The molecule has 0 radical (unpaired) electrons. The summed E-state index contributed by atoms with van der Waals surface area (Å²) >= 11 is 0. The van der Waals surface area contributed by atoms with E-state index in [1.807, 2.05) is 0 Å². The fourth-order valence-electron chi connectivity index (χ4n) is 1.40. The molecule has 4 nitrogen and oxygen atoms in total. The van der Waals surface area contributed by atoms with E-state index < -0.39 is 8.97 Å². The van der Waals surface area contributed by atoms with E-state index in [1.165, 1.54) is 0 Å². The van der Waals surface area contributed by atoms with Gasteiger partial charge in [-0.25, -0.2) is 0 Å². The van der Waals surface area contributed by atoms with Crippen LogP contribution >= 0.6 is 0 Å². The minimum Gasteiger partial charge on any atom is -0.364 e. The molecule has 0 amide bonds. The minimum atomic E-state index is -2.53. The number of rotatable bonds is 7.